The predicted molar refractivity (Wildman–Crippen MR) is 142 cm³/mol. The lowest BCUT2D eigenvalue weighted by atomic mass is 10.0. The van der Waals surface area contributed by atoms with Gasteiger partial charge in [0.1, 0.15) is 5.75 Å². The Balaban J connectivity index is 1.31. The van der Waals surface area contributed by atoms with Gasteiger partial charge in [-0.2, -0.15) is 0 Å². The first-order valence-electron chi connectivity index (χ1n) is 11.7. The van der Waals surface area contributed by atoms with Crippen LogP contribution in [0.1, 0.15) is 32.0 Å². The molecule has 1 aliphatic rings. The van der Waals surface area contributed by atoms with Gasteiger partial charge in [0.25, 0.3) is 11.8 Å². The molecular weight excluding hydrogens is 496 g/mol. The van der Waals surface area contributed by atoms with Crippen LogP contribution in [0.4, 0.5) is 5.69 Å². The quantitative estimate of drug-likeness (QED) is 0.336. The van der Waals surface area contributed by atoms with Gasteiger partial charge in [0, 0.05) is 55.0 Å². The van der Waals surface area contributed by atoms with E-state index in [1.54, 1.807) is 42.7 Å². The summed E-state index contributed by atoms with van der Waals surface area (Å²) in [7, 11) is 1.73. The molecule has 1 N–H and O–H groups in total. The Morgan fingerprint density at radius 3 is 2.89 bits per heavy atom. The molecule has 5 rings (SSSR count). The van der Waals surface area contributed by atoms with Gasteiger partial charge < -0.3 is 19.5 Å². The molecule has 0 saturated carbocycles. The van der Waals surface area contributed by atoms with Crippen molar-refractivity contribution >= 4 is 40.4 Å². The van der Waals surface area contributed by atoms with Crippen LogP contribution in [0.2, 0.25) is 5.02 Å². The molecule has 0 bridgehead atoms. The van der Waals surface area contributed by atoms with Crippen LogP contribution in [-0.2, 0) is 13.0 Å². The van der Waals surface area contributed by atoms with Gasteiger partial charge in [0.05, 0.1) is 28.5 Å². The molecule has 36 heavy (non-hydrogen) atoms. The van der Waals surface area contributed by atoms with E-state index in [1.807, 2.05) is 41.1 Å². The van der Waals surface area contributed by atoms with E-state index in [-0.39, 0.29) is 11.8 Å². The van der Waals surface area contributed by atoms with Crippen LogP contribution in [0.5, 0.6) is 5.75 Å². The van der Waals surface area contributed by atoms with E-state index < -0.39 is 0 Å². The fourth-order valence-electron chi connectivity index (χ4n) is 4.17. The van der Waals surface area contributed by atoms with Crippen molar-refractivity contribution in [1.29, 1.82) is 0 Å². The second kappa shape index (κ2) is 10.6. The zero-order valence-corrected chi connectivity index (χ0v) is 21.3. The average molecular weight is 521 g/mol. The second-order valence-electron chi connectivity index (χ2n) is 8.50. The van der Waals surface area contributed by atoms with Gasteiger partial charge in [-0.3, -0.25) is 9.59 Å². The smallest absolute Gasteiger partial charge is 0.268 e. The maximum Gasteiger partial charge on any atom is 0.268 e. The van der Waals surface area contributed by atoms with Crippen molar-refractivity contribution in [2.24, 2.45) is 0 Å². The van der Waals surface area contributed by atoms with Gasteiger partial charge in [-0.15, -0.1) is 11.3 Å². The van der Waals surface area contributed by atoms with Crippen molar-refractivity contribution in [3.05, 3.63) is 88.3 Å². The lowest BCUT2D eigenvalue weighted by molar-refractivity contribution is 0.0951. The summed E-state index contributed by atoms with van der Waals surface area (Å²) in [6.07, 6.45) is 6.89. The largest absolute Gasteiger partial charge is 0.493 e. The van der Waals surface area contributed by atoms with Crippen LogP contribution in [0.3, 0.4) is 0 Å². The maximum absolute atomic E-state index is 13.2. The number of aromatic nitrogens is 2. The summed E-state index contributed by atoms with van der Waals surface area (Å²) in [5, 5.41) is 3.49. The van der Waals surface area contributed by atoms with Gasteiger partial charge in [-0.1, -0.05) is 23.7 Å². The van der Waals surface area contributed by atoms with Crippen molar-refractivity contribution in [1.82, 2.24) is 14.9 Å². The Kier molecular flexibility index (Phi) is 7.06. The number of imidazole rings is 1. The summed E-state index contributed by atoms with van der Waals surface area (Å²) < 4.78 is 7.97. The van der Waals surface area contributed by atoms with E-state index >= 15 is 0 Å². The van der Waals surface area contributed by atoms with Crippen molar-refractivity contribution < 1.29 is 14.3 Å². The summed E-state index contributed by atoms with van der Waals surface area (Å²) in [6.45, 7) is 1.83. The van der Waals surface area contributed by atoms with E-state index in [9.17, 15) is 9.59 Å². The van der Waals surface area contributed by atoms with Crippen LogP contribution < -0.4 is 15.0 Å². The molecule has 0 fully saturated rings. The number of para-hydroxylation sites is 1. The highest BCUT2D eigenvalue weighted by Gasteiger charge is 2.24. The van der Waals surface area contributed by atoms with Crippen molar-refractivity contribution in [3.8, 4) is 16.2 Å². The van der Waals surface area contributed by atoms with Crippen LogP contribution >= 0.6 is 22.9 Å². The van der Waals surface area contributed by atoms with Crippen molar-refractivity contribution in [2.45, 2.75) is 19.4 Å². The third-order valence-electron chi connectivity index (χ3n) is 6.09. The molecule has 0 aliphatic carbocycles. The van der Waals surface area contributed by atoms with E-state index in [2.05, 4.69) is 10.3 Å². The summed E-state index contributed by atoms with van der Waals surface area (Å²) in [5.41, 5.74) is 3.17. The predicted octanol–water partition coefficient (Wildman–Crippen LogP) is 5.30. The van der Waals surface area contributed by atoms with Crippen molar-refractivity contribution in [3.63, 3.8) is 0 Å². The number of aryl methyl sites for hydroxylation is 1. The van der Waals surface area contributed by atoms with Crippen LogP contribution in [0.15, 0.2) is 67.3 Å². The molecule has 2 aromatic heterocycles. The first-order valence-corrected chi connectivity index (χ1v) is 12.9. The lowest BCUT2D eigenvalue weighted by Gasteiger charge is -2.17. The highest BCUT2D eigenvalue weighted by atomic mass is 35.5. The fraction of sp³-hybridized carbons (Fsp3) is 0.222. The third kappa shape index (κ3) is 5.01. The van der Waals surface area contributed by atoms with E-state index in [0.29, 0.717) is 46.5 Å². The summed E-state index contributed by atoms with van der Waals surface area (Å²) >= 11 is 7.74. The van der Waals surface area contributed by atoms with Gasteiger partial charge >= 0.3 is 0 Å². The Morgan fingerprint density at radius 1 is 1.22 bits per heavy atom. The molecule has 0 unspecified atom stereocenters. The number of amides is 2. The third-order valence-corrected chi connectivity index (χ3v) is 7.61. The van der Waals surface area contributed by atoms with Gasteiger partial charge in [-0.25, -0.2) is 4.98 Å². The number of fused-ring (bicyclic) bond motifs is 3. The van der Waals surface area contributed by atoms with Crippen LogP contribution in [0.25, 0.3) is 10.4 Å². The summed E-state index contributed by atoms with van der Waals surface area (Å²) in [6, 6.07) is 14.7. The number of nitrogens with one attached hydrogen (secondary N) is 1. The monoisotopic (exact) mass is 520 g/mol. The molecule has 2 amide bonds. The molecule has 4 aromatic rings. The van der Waals surface area contributed by atoms with Crippen LogP contribution in [-0.4, -0.2) is 41.6 Å². The normalized spacial score (nSPS) is 12.2. The zero-order valence-electron chi connectivity index (χ0n) is 19.7. The number of anilines is 1. The molecule has 0 radical (unpaired) electrons. The number of carbonyl (C=O) groups is 2. The minimum absolute atomic E-state index is 0.115. The van der Waals surface area contributed by atoms with E-state index in [4.69, 9.17) is 16.3 Å². The Morgan fingerprint density at radius 2 is 2.08 bits per heavy atom. The highest BCUT2D eigenvalue weighted by Crippen LogP contribution is 2.41. The second-order valence-corrected chi connectivity index (χ2v) is 9.96. The van der Waals surface area contributed by atoms with Gasteiger partial charge in [0.15, 0.2) is 0 Å². The van der Waals surface area contributed by atoms with E-state index in [0.717, 1.165) is 29.0 Å². The Labute approximate surface area is 218 Å². The topological polar surface area (TPSA) is 76.5 Å². The highest BCUT2D eigenvalue weighted by molar-refractivity contribution is 7.17. The molecule has 2 aromatic carbocycles. The molecule has 0 atom stereocenters. The number of nitrogens with zero attached hydrogens (tertiary/aromatic N) is 3. The minimum Gasteiger partial charge on any atom is -0.493 e. The molecular formula is C27H25ClN4O3S. The molecule has 0 saturated heterocycles. The number of rotatable bonds is 7. The maximum atomic E-state index is 13.2. The number of hydrogen-bond donors (Lipinski definition) is 1. The summed E-state index contributed by atoms with van der Waals surface area (Å²) in [5.74, 6) is 0.398. The number of hydrogen-bond acceptors (Lipinski definition) is 5. The zero-order chi connectivity index (χ0) is 25.1. The fourth-order valence-corrected chi connectivity index (χ4v) is 5.65. The van der Waals surface area contributed by atoms with Crippen LogP contribution in [0, 0.1) is 0 Å². The lowest BCUT2D eigenvalue weighted by Crippen LogP contribution is -2.25. The molecule has 3 heterocycles. The van der Waals surface area contributed by atoms with Crippen molar-refractivity contribution in [2.75, 3.05) is 25.1 Å². The molecule has 9 heteroatoms. The molecule has 7 nitrogen and oxygen atoms in total. The number of thiophene rings is 1. The minimum atomic E-state index is -0.139. The summed E-state index contributed by atoms with van der Waals surface area (Å²) in [4.78, 5) is 33.2. The van der Waals surface area contributed by atoms with E-state index in [1.165, 1.54) is 11.3 Å². The standard InChI is InChI=1S/C27H25ClN4O3S/c1-31(22-6-3-2-5-21(22)28)27(34)24-16-18-9-14-35-23-15-19(7-8-20(23)25(18)36-24)26(33)30-10-4-12-32-13-11-29-17-32/h2-3,5-8,11,13,15-17H,4,9-10,12,14H2,1H3,(H,30,33). The average Bonchev–Trinajstić information content (AvgIpc) is 3.53. The molecule has 1 aliphatic heterocycles. The first kappa shape index (κ1) is 24.1. The van der Waals surface area contributed by atoms with Gasteiger partial charge in [0.2, 0.25) is 0 Å². The molecule has 184 valence electrons. The SMILES string of the molecule is CN(C(=O)c1cc2c(s1)-c1ccc(C(=O)NCCCn3ccnc3)cc1OCC2)c1ccccc1Cl. The first-order chi connectivity index (χ1) is 17.5. The number of carbonyl (C=O) groups excluding carboxylic acids is 2. The van der Waals surface area contributed by atoms with Gasteiger partial charge in [-0.05, 0) is 48.4 Å². The Hall–Kier alpha value is -3.62. The Bertz CT molecular complexity index is 1400. The molecule has 0 spiro atoms. The number of halogens is 1. The number of benzene rings is 2. The number of ether oxygens (including phenoxy) is 1.